The predicted molar refractivity (Wildman–Crippen MR) is 83.6 cm³/mol. The summed E-state index contributed by atoms with van der Waals surface area (Å²) < 4.78 is 0. The molecule has 0 aliphatic carbocycles. The molecule has 1 aromatic rings. The lowest BCUT2D eigenvalue weighted by Crippen LogP contribution is -2.31. The largest absolute Gasteiger partial charge is 0.299 e. The molecular formula is C16H18BrNO3. The molecule has 0 fully saturated rings. The van der Waals surface area contributed by atoms with Crippen molar-refractivity contribution in [2.75, 3.05) is 11.9 Å². The smallest absolute Gasteiger partial charge is 0.261 e. The highest BCUT2D eigenvalue weighted by atomic mass is 79.9. The number of benzene rings is 1. The molecular weight excluding hydrogens is 334 g/mol. The molecule has 1 heterocycles. The first-order chi connectivity index (χ1) is 10.0. The second-order valence-corrected chi connectivity index (χ2v) is 5.99. The number of fused-ring (bicyclic) bond motifs is 1. The van der Waals surface area contributed by atoms with Gasteiger partial charge in [-0.1, -0.05) is 35.0 Å². The average molecular weight is 352 g/mol. The van der Waals surface area contributed by atoms with E-state index in [1.54, 1.807) is 24.3 Å². The summed E-state index contributed by atoms with van der Waals surface area (Å²) in [5.41, 5.74) is 0.982. The third kappa shape index (κ3) is 3.59. The standard InChI is InChI=1S/C16H18BrNO3/c1-11(9-12(19)10-17)5-4-8-18-15(20)13-6-2-3-7-14(13)16(18)21/h2-3,6-7,11H,4-5,8-10H2,1H3. The van der Waals surface area contributed by atoms with Crippen molar-refractivity contribution in [2.24, 2.45) is 5.92 Å². The van der Waals surface area contributed by atoms with Gasteiger partial charge in [-0.05, 0) is 30.9 Å². The molecule has 2 rings (SSSR count). The van der Waals surface area contributed by atoms with Crippen LogP contribution in [-0.4, -0.2) is 34.4 Å². The number of ketones is 1. The lowest BCUT2D eigenvalue weighted by atomic mass is 9.99. The minimum Gasteiger partial charge on any atom is -0.299 e. The summed E-state index contributed by atoms with van der Waals surface area (Å²) in [6.45, 7) is 2.43. The van der Waals surface area contributed by atoms with Gasteiger partial charge in [0.05, 0.1) is 16.5 Å². The minimum atomic E-state index is -0.209. The van der Waals surface area contributed by atoms with Crippen LogP contribution in [0.5, 0.6) is 0 Å². The van der Waals surface area contributed by atoms with E-state index in [0.29, 0.717) is 29.4 Å². The molecule has 21 heavy (non-hydrogen) atoms. The highest BCUT2D eigenvalue weighted by Gasteiger charge is 2.34. The van der Waals surface area contributed by atoms with Gasteiger partial charge < -0.3 is 0 Å². The normalized spacial score (nSPS) is 15.2. The van der Waals surface area contributed by atoms with Crippen molar-refractivity contribution in [3.05, 3.63) is 35.4 Å². The van der Waals surface area contributed by atoms with E-state index in [-0.39, 0.29) is 23.5 Å². The third-order valence-corrected chi connectivity index (χ3v) is 4.31. The number of hydrogen-bond donors (Lipinski definition) is 0. The van der Waals surface area contributed by atoms with Crippen molar-refractivity contribution in [3.8, 4) is 0 Å². The molecule has 4 nitrogen and oxygen atoms in total. The van der Waals surface area contributed by atoms with Gasteiger partial charge in [0, 0.05) is 13.0 Å². The maximum atomic E-state index is 12.2. The Balaban J connectivity index is 1.87. The van der Waals surface area contributed by atoms with E-state index in [9.17, 15) is 14.4 Å². The Morgan fingerprint density at radius 1 is 1.19 bits per heavy atom. The van der Waals surface area contributed by atoms with Crippen LogP contribution in [0, 0.1) is 5.92 Å². The highest BCUT2D eigenvalue weighted by molar-refractivity contribution is 9.09. The van der Waals surface area contributed by atoms with Gasteiger partial charge in [-0.25, -0.2) is 0 Å². The number of imide groups is 1. The molecule has 0 aromatic heterocycles. The van der Waals surface area contributed by atoms with E-state index in [4.69, 9.17) is 0 Å². The van der Waals surface area contributed by atoms with Gasteiger partial charge in [-0.15, -0.1) is 0 Å². The Hall–Kier alpha value is -1.49. The SMILES string of the molecule is CC(CCCN1C(=O)c2ccccc2C1=O)CC(=O)CBr. The number of rotatable bonds is 7. The van der Waals surface area contributed by atoms with Gasteiger partial charge in [0.15, 0.2) is 0 Å². The first-order valence-electron chi connectivity index (χ1n) is 7.07. The number of alkyl halides is 1. The molecule has 0 N–H and O–H groups in total. The maximum absolute atomic E-state index is 12.2. The zero-order chi connectivity index (χ0) is 15.4. The number of amides is 2. The monoisotopic (exact) mass is 351 g/mol. The van der Waals surface area contributed by atoms with Crippen LogP contribution in [0.4, 0.5) is 0 Å². The Labute approximate surface area is 132 Å². The molecule has 0 bridgehead atoms. The fourth-order valence-electron chi connectivity index (χ4n) is 2.59. The summed E-state index contributed by atoms with van der Waals surface area (Å²) in [5, 5.41) is 0.385. The van der Waals surface area contributed by atoms with Gasteiger partial charge >= 0.3 is 0 Å². The van der Waals surface area contributed by atoms with E-state index >= 15 is 0 Å². The molecule has 0 radical (unpaired) electrons. The molecule has 1 aromatic carbocycles. The summed E-state index contributed by atoms with van der Waals surface area (Å²) in [4.78, 5) is 36.9. The number of Topliss-reactive ketones (excluding diaryl/α,β-unsaturated/α-hetero) is 1. The van der Waals surface area contributed by atoms with E-state index in [1.165, 1.54) is 4.90 Å². The molecule has 0 spiro atoms. The van der Waals surface area contributed by atoms with E-state index in [2.05, 4.69) is 15.9 Å². The van der Waals surface area contributed by atoms with Crippen molar-refractivity contribution in [1.29, 1.82) is 0 Å². The summed E-state index contributed by atoms with van der Waals surface area (Å²) in [7, 11) is 0. The fourth-order valence-corrected chi connectivity index (χ4v) is 2.81. The Morgan fingerprint density at radius 3 is 2.29 bits per heavy atom. The van der Waals surface area contributed by atoms with Gasteiger partial charge in [0.2, 0.25) is 0 Å². The first kappa shape index (κ1) is 15.9. The fraction of sp³-hybridized carbons (Fsp3) is 0.438. The lowest BCUT2D eigenvalue weighted by Gasteiger charge is -2.15. The van der Waals surface area contributed by atoms with Crippen LogP contribution in [0.25, 0.3) is 0 Å². The van der Waals surface area contributed by atoms with Crippen LogP contribution < -0.4 is 0 Å². The van der Waals surface area contributed by atoms with Crippen LogP contribution in [-0.2, 0) is 4.79 Å². The average Bonchev–Trinajstić information content (AvgIpc) is 2.72. The topological polar surface area (TPSA) is 54.5 Å². The zero-order valence-corrected chi connectivity index (χ0v) is 13.6. The van der Waals surface area contributed by atoms with Gasteiger partial charge in [-0.2, -0.15) is 0 Å². The Bertz CT molecular complexity index is 535. The molecule has 2 amide bonds. The van der Waals surface area contributed by atoms with Gasteiger partial charge in [0.1, 0.15) is 5.78 Å². The zero-order valence-electron chi connectivity index (χ0n) is 12.0. The number of carbonyl (C=O) groups excluding carboxylic acids is 3. The molecule has 1 unspecified atom stereocenters. The van der Waals surface area contributed by atoms with Crippen molar-refractivity contribution < 1.29 is 14.4 Å². The van der Waals surface area contributed by atoms with E-state index in [1.807, 2.05) is 6.92 Å². The number of halogens is 1. The minimum absolute atomic E-state index is 0.184. The third-order valence-electron chi connectivity index (χ3n) is 3.68. The maximum Gasteiger partial charge on any atom is 0.261 e. The summed E-state index contributed by atoms with van der Waals surface area (Å²) in [6.07, 6.45) is 2.09. The molecule has 1 aliphatic rings. The van der Waals surface area contributed by atoms with Crippen molar-refractivity contribution >= 4 is 33.5 Å². The summed E-state index contributed by atoms with van der Waals surface area (Å²) in [6, 6.07) is 6.91. The molecule has 0 saturated carbocycles. The molecule has 1 atom stereocenters. The van der Waals surface area contributed by atoms with Crippen LogP contribution in [0.15, 0.2) is 24.3 Å². The van der Waals surface area contributed by atoms with Crippen LogP contribution in [0.1, 0.15) is 46.9 Å². The molecule has 5 heteroatoms. The van der Waals surface area contributed by atoms with Crippen LogP contribution in [0.3, 0.4) is 0 Å². The van der Waals surface area contributed by atoms with Crippen molar-refractivity contribution in [2.45, 2.75) is 26.2 Å². The quantitative estimate of drug-likeness (QED) is 0.560. The number of carbonyl (C=O) groups is 3. The molecule has 112 valence electrons. The van der Waals surface area contributed by atoms with E-state index < -0.39 is 0 Å². The van der Waals surface area contributed by atoms with Crippen molar-refractivity contribution in [1.82, 2.24) is 4.90 Å². The lowest BCUT2D eigenvalue weighted by molar-refractivity contribution is -0.117. The van der Waals surface area contributed by atoms with Crippen LogP contribution in [0.2, 0.25) is 0 Å². The van der Waals surface area contributed by atoms with E-state index in [0.717, 1.165) is 12.8 Å². The van der Waals surface area contributed by atoms with Crippen LogP contribution >= 0.6 is 15.9 Å². The van der Waals surface area contributed by atoms with Gasteiger partial charge in [0.25, 0.3) is 11.8 Å². The predicted octanol–water partition coefficient (Wildman–Crippen LogP) is 3.05. The number of hydrogen-bond acceptors (Lipinski definition) is 3. The van der Waals surface area contributed by atoms with Gasteiger partial charge in [-0.3, -0.25) is 19.3 Å². The Morgan fingerprint density at radius 2 is 1.76 bits per heavy atom. The summed E-state index contributed by atoms with van der Waals surface area (Å²) in [5.74, 6) is 0.0352. The second kappa shape index (κ2) is 6.98. The van der Waals surface area contributed by atoms with Crippen molar-refractivity contribution in [3.63, 3.8) is 0 Å². The summed E-state index contributed by atoms with van der Waals surface area (Å²) >= 11 is 3.15. The second-order valence-electron chi connectivity index (χ2n) is 5.43. The number of nitrogens with zero attached hydrogens (tertiary/aromatic N) is 1. The highest BCUT2D eigenvalue weighted by Crippen LogP contribution is 2.23. The molecule has 0 saturated heterocycles. The molecule has 1 aliphatic heterocycles. The Kier molecular flexibility index (Phi) is 5.28. The first-order valence-corrected chi connectivity index (χ1v) is 8.19.